The molecule has 1 unspecified atom stereocenters. The van der Waals surface area contributed by atoms with Crippen LogP contribution in [0.25, 0.3) is 0 Å². The van der Waals surface area contributed by atoms with Crippen molar-refractivity contribution in [1.82, 2.24) is 0 Å². The zero-order chi connectivity index (χ0) is 12.4. The number of amides is 1. The van der Waals surface area contributed by atoms with E-state index in [1.807, 2.05) is 13.8 Å². The summed E-state index contributed by atoms with van der Waals surface area (Å²) in [4.78, 5) is 11.9. The van der Waals surface area contributed by atoms with Crippen LogP contribution in [0.2, 0.25) is 0 Å². The van der Waals surface area contributed by atoms with Gasteiger partial charge in [0.1, 0.15) is 0 Å². The topological polar surface area (TPSA) is 52.9 Å². The highest BCUT2D eigenvalue weighted by Gasteiger charge is 2.26. The maximum absolute atomic E-state index is 11.9. The van der Waals surface area contributed by atoms with Crippen LogP contribution in [0.5, 0.6) is 0 Å². The Morgan fingerprint density at radius 2 is 2.24 bits per heavy atom. The molecule has 1 aliphatic heterocycles. The molecule has 17 heavy (non-hydrogen) atoms. The Morgan fingerprint density at radius 3 is 2.94 bits per heavy atom. The summed E-state index contributed by atoms with van der Waals surface area (Å²) in [6.45, 7) is 4.08. The van der Waals surface area contributed by atoms with Gasteiger partial charge in [-0.15, -0.1) is 0 Å². The molecule has 1 heterocycles. The van der Waals surface area contributed by atoms with E-state index >= 15 is 0 Å². The van der Waals surface area contributed by atoms with E-state index in [-0.39, 0.29) is 11.8 Å². The van der Waals surface area contributed by atoms with E-state index in [0.29, 0.717) is 12.8 Å². The fourth-order valence-electron chi connectivity index (χ4n) is 2.27. The van der Waals surface area contributed by atoms with E-state index in [4.69, 9.17) is 5.26 Å². The van der Waals surface area contributed by atoms with E-state index in [0.717, 1.165) is 17.7 Å². The highest BCUT2D eigenvalue weighted by atomic mass is 16.1. The van der Waals surface area contributed by atoms with Crippen LogP contribution in [0.4, 0.5) is 5.69 Å². The Morgan fingerprint density at radius 1 is 1.47 bits per heavy atom. The third-order valence-electron chi connectivity index (χ3n) is 3.51. The van der Waals surface area contributed by atoms with Crippen LogP contribution in [0.15, 0.2) is 12.1 Å². The first kappa shape index (κ1) is 11.7. The van der Waals surface area contributed by atoms with Crippen LogP contribution in [-0.4, -0.2) is 5.91 Å². The zero-order valence-electron chi connectivity index (χ0n) is 10.2. The van der Waals surface area contributed by atoms with Crippen molar-refractivity contribution in [3.05, 3.63) is 28.8 Å². The fourth-order valence-corrected chi connectivity index (χ4v) is 2.27. The number of carbonyl (C=O) groups excluding carboxylic acids is 1. The average molecular weight is 228 g/mol. The number of aryl methyl sites for hydroxylation is 1. The van der Waals surface area contributed by atoms with Crippen molar-refractivity contribution >= 4 is 11.6 Å². The number of nitrogens with zero attached hydrogens (tertiary/aromatic N) is 1. The SMILES string of the molecule is Cc1ccc2c(c1C)NC(=O)C(CCC#N)C2. The van der Waals surface area contributed by atoms with Crippen molar-refractivity contribution in [3.63, 3.8) is 0 Å². The van der Waals surface area contributed by atoms with E-state index in [1.165, 1.54) is 11.1 Å². The van der Waals surface area contributed by atoms with Crippen molar-refractivity contribution in [2.24, 2.45) is 5.92 Å². The lowest BCUT2D eigenvalue weighted by Crippen LogP contribution is -2.30. The van der Waals surface area contributed by atoms with Gasteiger partial charge in [0.25, 0.3) is 0 Å². The predicted molar refractivity (Wildman–Crippen MR) is 66.6 cm³/mol. The van der Waals surface area contributed by atoms with Gasteiger partial charge in [0.15, 0.2) is 0 Å². The molecule has 0 bridgehead atoms. The summed E-state index contributed by atoms with van der Waals surface area (Å²) in [6, 6.07) is 6.27. The van der Waals surface area contributed by atoms with Crippen LogP contribution in [0.3, 0.4) is 0 Å². The van der Waals surface area contributed by atoms with Crippen molar-refractivity contribution in [2.45, 2.75) is 33.1 Å². The first-order valence-electron chi connectivity index (χ1n) is 5.90. The Balaban J connectivity index is 2.28. The molecule has 0 fully saturated rings. The Hall–Kier alpha value is -1.82. The molecular formula is C14H16N2O. The van der Waals surface area contributed by atoms with Crippen LogP contribution >= 0.6 is 0 Å². The lowest BCUT2D eigenvalue weighted by atomic mass is 9.87. The highest BCUT2D eigenvalue weighted by Crippen LogP contribution is 2.31. The second kappa shape index (κ2) is 4.58. The normalized spacial score (nSPS) is 18.2. The van der Waals surface area contributed by atoms with Gasteiger partial charge in [0.2, 0.25) is 5.91 Å². The summed E-state index contributed by atoms with van der Waals surface area (Å²) >= 11 is 0. The maximum Gasteiger partial charge on any atom is 0.227 e. The molecular weight excluding hydrogens is 212 g/mol. The molecule has 88 valence electrons. The molecule has 0 radical (unpaired) electrons. The smallest absolute Gasteiger partial charge is 0.227 e. The minimum atomic E-state index is -0.0516. The minimum absolute atomic E-state index is 0.0516. The van der Waals surface area contributed by atoms with Crippen LogP contribution < -0.4 is 5.32 Å². The van der Waals surface area contributed by atoms with Gasteiger partial charge in [-0.1, -0.05) is 12.1 Å². The van der Waals surface area contributed by atoms with Crippen LogP contribution in [0.1, 0.15) is 29.5 Å². The molecule has 0 saturated carbocycles. The molecule has 1 aromatic carbocycles. The molecule has 0 aliphatic carbocycles. The number of anilines is 1. The van der Waals surface area contributed by atoms with Gasteiger partial charge in [0.05, 0.1) is 6.07 Å². The molecule has 3 nitrogen and oxygen atoms in total. The Bertz CT molecular complexity index is 500. The number of carbonyl (C=O) groups is 1. The van der Waals surface area contributed by atoms with E-state index in [2.05, 4.69) is 23.5 Å². The van der Waals surface area contributed by atoms with Crippen LogP contribution in [-0.2, 0) is 11.2 Å². The monoisotopic (exact) mass is 228 g/mol. The number of nitriles is 1. The summed E-state index contributed by atoms with van der Waals surface area (Å²) in [5, 5.41) is 11.6. The number of benzene rings is 1. The third-order valence-corrected chi connectivity index (χ3v) is 3.51. The van der Waals surface area contributed by atoms with Gasteiger partial charge in [-0.25, -0.2) is 0 Å². The van der Waals surface area contributed by atoms with Gasteiger partial charge >= 0.3 is 0 Å². The predicted octanol–water partition coefficient (Wildman–Crippen LogP) is 2.72. The van der Waals surface area contributed by atoms with Gasteiger partial charge in [-0.3, -0.25) is 4.79 Å². The third kappa shape index (κ3) is 2.16. The Kier molecular flexibility index (Phi) is 3.14. The number of hydrogen-bond acceptors (Lipinski definition) is 2. The number of fused-ring (bicyclic) bond motifs is 1. The summed E-state index contributed by atoms with van der Waals surface area (Å²) in [6.07, 6.45) is 1.84. The van der Waals surface area contributed by atoms with Gasteiger partial charge in [0, 0.05) is 18.0 Å². The number of nitrogens with one attached hydrogen (secondary N) is 1. The molecule has 0 saturated heterocycles. The molecule has 1 N–H and O–H groups in total. The molecule has 1 atom stereocenters. The van der Waals surface area contributed by atoms with Gasteiger partial charge < -0.3 is 5.32 Å². The summed E-state index contributed by atoms with van der Waals surface area (Å²) in [5.74, 6) is 0.00528. The van der Waals surface area contributed by atoms with Crippen molar-refractivity contribution in [1.29, 1.82) is 5.26 Å². The summed E-state index contributed by atoms with van der Waals surface area (Å²) in [7, 11) is 0. The molecule has 1 aromatic rings. The van der Waals surface area contributed by atoms with E-state index in [1.54, 1.807) is 0 Å². The van der Waals surface area contributed by atoms with Crippen molar-refractivity contribution < 1.29 is 4.79 Å². The van der Waals surface area contributed by atoms with Crippen molar-refractivity contribution in [2.75, 3.05) is 5.32 Å². The maximum atomic E-state index is 11.9. The van der Waals surface area contributed by atoms with Crippen molar-refractivity contribution in [3.8, 4) is 6.07 Å². The minimum Gasteiger partial charge on any atom is -0.325 e. The van der Waals surface area contributed by atoms with Gasteiger partial charge in [-0.2, -0.15) is 5.26 Å². The molecule has 2 rings (SSSR count). The van der Waals surface area contributed by atoms with E-state index < -0.39 is 0 Å². The first-order chi connectivity index (χ1) is 8.13. The number of hydrogen-bond donors (Lipinski definition) is 1. The standard InChI is InChI=1S/C14H16N2O/c1-9-5-6-11-8-12(4-3-7-15)14(17)16-13(11)10(9)2/h5-6,12H,3-4,8H2,1-2H3,(H,16,17). The molecule has 1 amide bonds. The average Bonchev–Trinajstić information content (AvgIpc) is 2.32. The highest BCUT2D eigenvalue weighted by molar-refractivity contribution is 5.96. The molecule has 0 aromatic heterocycles. The zero-order valence-corrected chi connectivity index (χ0v) is 10.2. The molecule has 3 heteroatoms. The summed E-state index contributed by atoms with van der Waals surface area (Å²) < 4.78 is 0. The molecule has 1 aliphatic rings. The summed E-state index contributed by atoms with van der Waals surface area (Å²) in [5.41, 5.74) is 4.51. The quantitative estimate of drug-likeness (QED) is 0.846. The fraction of sp³-hybridized carbons (Fsp3) is 0.429. The Labute approximate surface area is 101 Å². The number of rotatable bonds is 2. The second-order valence-corrected chi connectivity index (χ2v) is 4.63. The van der Waals surface area contributed by atoms with E-state index in [9.17, 15) is 4.79 Å². The largest absolute Gasteiger partial charge is 0.325 e. The van der Waals surface area contributed by atoms with Crippen LogP contribution in [0, 0.1) is 31.1 Å². The first-order valence-corrected chi connectivity index (χ1v) is 5.90. The second-order valence-electron chi connectivity index (χ2n) is 4.63. The lowest BCUT2D eigenvalue weighted by Gasteiger charge is -2.26. The lowest BCUT2D eigenvalue weighted by molar-refractivity contribution is -0.120. The molecule has 0 spiro atoms. The van der Waals surface area contributed by atoms with Gasteiger partial charge in [-0.05, 0) is 43.4 Å².